The predicted molar refractivity (Wildman–Crippen MR) is 60.7 cm³/mol. The van der Waals surface area contributed by atoms with Crippen LogP contribution < -0.4 is 5.73 Å². The summed E-state index contributed by atoms with van der Waals surface area (Å²) in [6, 6.07) is 5.32. The lowest BCUT2D eigenvalue weighted by Crippen LogP contribution is -2.24. The van der Waals surface area contributed by atoms with E-state index in [1.165, 1.54) is 0 Å². The highest BCUT2D eigenvalue weighted by molar-refractivity contribution is 5.95. The molecule has 1 aromatic rings. The first kappa shape index (κ1) is 11.7. The van der Waals surface area contributed by atoms with Gasteiger partial charge in [0.15, 0.2) is 0 Å². The van der Waals surface area contributed by atoms with Crippen molar-refractivity contribution < 1.29 is 5.11 Å². The standard InChI is InChI=1S/C11H17N3O/c1-8(2)10(7-15)14-11(12)9-5-3-4-6-13-9/h3-6,8,10,15H,7H2,1-2H3,(H2,12,14). The second-order valence-corrected chi connectivity index (χ2v) is 3.72. The number of rotatable bonds is 4. The summed E-state index contributed by atoms with van der Waals surface area (Å²) in [6.07, 6.45) is 1.67. The molecule has 0 radical (unpaired) electrons. The van der Waals surface area contributed by atoms with E-state index in [0.717, 1.165) is 0 Å². The Bertz CT molecular complexity index is 322. The SMILES string of the molecule is CC(C)C(CO)N=C(N)c1ccccn1. The van der Waals surface area contributed by atoms with Gasteiger partial charge in [-0.15, -0.1) is 0 Å². The number of pyridine rings is 1. The van der Waals surface area contributed by atoms with E-state index in [1.54, 1.807) is 12.3 Å². The summed E-state index contributed by atoms with van der Waals surface area (Å²) in [6.45, 7) is 4.00. The maximum absolute atomic E-state index is 9.11. The highest BCUT2D eigenvalue weighted by Crippen LogP contribution is 2.06. The minimum absolute atomic E-state index is 0.00516. The van der Waals surface area contributed by atoms with E-state index < -0.39 is 0 Å². The molecule has 0 aliphatic heterocycles. The number of hydrogen-bond acceptors (Lipinski definition) is 3. The van der Waals surface area contributed by atoms with Crippen LogP contribution >= 0.6 is 0 Å². The van der Waals surface area contributed by atoms with Gasteiger partial charge in [0, 0.05) is 6.20 Å². The molecule has 1 heterocycles. The number of aliphatic hydroxyl groups is 1. The highest BCUT2D eigenvalue weighted by atomic mass is 16.3. The Morgan fingerprint density at radius 2 is 2.27 bits per heavy atom. The van der Waals surface area contributed by atoms with Crippen molar-refractivity contribution in [1.82, 2.24) is 4.98 Å². The van der Waals surface area contributed by atoms with Gasteiger partial charge in [0.1, 0.15) is 11.5 Å². The molecule has 82 valence electrons. The quantitative estimate of drug-likeness (QED) is 0.566. The predicted octanol–water partition coefficient (Wildman–Crippen LogP) is 0.804. The first-order valence-electron chi connectivity index (χ1n) is 5.00. The van der Waals surface area contributed by atoms with Gasteiger partial charge in [-0.3, -0.25) is 9.98 Å². The van der Waals surface area contributed by atoms with Crippen LogP contribution in [0.1, 0.15) is 19.5 Å². The minimum Gasteiger partial charge on any atom is -0.394 e. The van der Waals surface area contributed by atoms with Gasteiger partial charge in [0.25, 0.3) is 0 Å². The maximum atomic E-state index is 9.11. The van der Waals surface area contributed by atoms with Gasteiger partial charge in [0.05, 0.1) is 12.6 Å². The monoisotopic (exact) mass is 207 g/mol. The average molecular weight is 207 g/mol. The van der Waals surface area contributed by atoms with Crippen LogP contribution in [0.5, 0.6) is 0 Å². The fourth-order valence-corrected chi connectivity index (χ4v) is 1.16. The molecular weight excluding hydrogens is 190 g/mol. The second-order valence-electron chi connectivity index (χ2n) is 3.72. The Hall–Kier alpha value is -1.42. The normalized spacial score (nSPS) is 14.3. The molecule has 3 N–H and O–H groups in total. The van der Waals surface area contributed by atoms with E-state index in [0.29, 0.717) is 11.5 Å². The van der Waals surface area contributed by atoms with Crippen molar-refractivity contribution in [3.05, 3.63) is 30.1 Å². The van der Waals surface area contributed by atoms with Gasteiger partial charge in [0.2, 0.25) is 0 Å². The smallest absolute Gasteiger partial charge is 0.145 e. The number of amidine groups is 1. The number of nitrogens with zero attached hydrogens (tertiary/aromatic N) is 2. The van der Waals surface area contributed by atoms with Gasteiger partial charge in [-0.1, -0.05) is 19.9 Å². The lowest BCUT2D eigenvalue weighted by atomic mass is 10.1. The van der Waals surface area contributed by atoms with Gasteiger partial charge in [-0.25, -0.2) is 0 Å². The van der Waals surface area contributed by atoms with Crippen molar-refractivity contribution in [3.63, 3.8) is 0 Å². The molecule has 1 unspecified atom stereocenters. The Morgan fingerprint density at radius 1 is 1.53 bits per heavy atom. The molecule has 0 saturated heterocycles. The topological polar surface area (TPSA) is 71.5 Å². The molecule has 0 aliphatic carbocycles. The van der Waals surface area contributed by atoms with Crippen molar-refractivity contribution in [3.8, 4) is 0 Å². The molecule has 0 aliphatic rings. The summed E-state index contributed by atoms with van der Waals surface area (Å²) >= 11 is 0. The molecule has 0 fully saturated rings. The van der Waals surface area contributed by atoms with E-state index in [-0.39, 0.29) is 18.6 Å². The van der Waals surface area contributed by atoms with Crippen LogP contribution in [-0.4, -0.2) is 28.6 Å². The largest absolute Gasteiger partial charge is 0.394 e. The van der Waals surface area contributed by atoms with Crippen LogP contribution in [0.3, 0.4) is 0 Å². The molecule has 1 atom stereocenters. The van der Waals surface area contributed by atoms with Gasteiger partial charge in [-0.05, 0) is 18.1 Å². The number of aromatic nitrogens is 1. The van der Waals surface area contributed by atoms with Crippen molar-refractivity contribution in [2.24, 2.45) is 16.6 Å². The summed E-state index contributed by atoms with van der Waals surface area (Å²) in [5, 5.41) is 9.11. The molecule has 15 heavy (non-hydrogen) atoms. The lowest BCUT2D eigenvalue weighted by Gasteiger charge is -2.14. The summed E-state index contributed by atoms with van der Waals surface area (Å²) < 4.78 is 0. The number of hydrogen-bond donors (Lipinski definition) is 2. The van der Waals surface area contributed by atoms with Crippen molar-refractivity contribution in [2.75, 3.05) is 6.61 Å². The molecule has 0 amide bonds. The Balaban J connectivity index is 2.83. The third-order valence-electron chi connectivity index (χ3n) is 2.19. The third-order valence-corrected chi connectivity index (χ3v) is 2.19. The van der Waals surface area contributed by atoms with Crippen LogP contribution in [0.15, 0.2) is 29.4 Å². The van der Waals surface area contributed by atoms with E-state index in [9.17, 15) is 0 Å². The molecule has 1 aromatic heterocycles. The molecular formula is C11H17N3O. The zero-order valence-electron chi connectivity index (χ0n) is 9.09. The van der Waals surface area contributed by atoms with E-state index >= 15 is 0 Å². The van der Waals surface area contributed by atoms with E-state index in [1.807, 2.05) is 26.0 Å². The van der Waals surface area contributed by atoms with Gasteiger partial charge in [-0.2, -0.15) is 0 Å². The molecule has 0 bridgehead atoms. The van der Waals surface area contributed by atoms with Gasteiger partial charge >= 0.3 is 0 Å². The van der Waals surface area contributed by atoms with Crippen molar-refractivity contribution in [2.45, 2.75) is 19.9 Å². The van der Waals surface area contributed by atoms with Crippen LogP contribution in [-0.2, 0) is 0 Å². The maximum Gasteiger partial charge on any atom is 0.145 e. The minimum atomic E-state index is -0.160. The zero-order valence-corrected chi connectivity index (χ0v) is 9.09. The summed E-state index contributed by atoms with van der Waals surface area (Å²) in [4.78, 5) is 8.33. The molecule has 0 saturated carbocycles. The average Bonchev–Trinajstić information content (AvgIpc) is 2.26. The summed E-state index contributed by atoms with van der Waals surface area (Å²) in [5.41, 5.74) is 6.44. The number of nitrogens with two attached hydrogens (primary N) is 1. The molecule has 4 heteroatoms. The molecule has 0 spiro atoms. The third kappa shape index (κ3) is 3.32. The van der Waals surface area contributed by atoms with Crippen molar-refractivity contribution >= 4 is 5.84 Å². The molecule has 4 nitrogen and oxygen atoms in total. The molecule has 1 rings (SSSR count). The van der Waals surface area contributed by atoms with Crippen molar-refractivity contribution in [1.29, 1.82) is 0 Å². The fourth-order valence-electron chi connectivity index (χ4n) is 1.16. The van der Waals surface area contributed by atoms with Crippen LogP contribution in [0, 0.1) is 5.92 Å². The molecule has 0 aromatic carbocycles. The first-order valence-corrected chi connectivity index (χ1v) is 5.00. The highest BCUT2D eigenvalue weighted by Gasteiger charge is 2.11. The second kappa shape index (κ2) is 5.46. The number of aliphatic hydroxyl groups excluding tert-OH is 1. The zero-order chi connectivity index (χ0) is 11.3. The first-order chi connectivity index (χ1) is 7.15. The lowest BCUT2D eigenvalue weighted by molar-refractivity contribution is 0.240. The van der Waals surface area contributed by atoms with E-state index in [4.69, 9.17) is 10.8 Å². The number of aliphatic imine (C=N–C) groups is 1. The van der Waals surface area contributed by atoms with Crippen LogP contribution in [0.4, 0.5) is 0 Å². The Labute approximate surface area is 89.9 Å². The van der Waals surface area contributed by atoms with E-state index in [2.05, 4.69) is 9.98 Å². The van der Waals surface area contributed by atoms with Crippen LogP contribution in [0.25, 0.3) is 0 Å². The summed E-state index contributed by atoms with van der Waals surface area (Å²) in [7, 11) is 0. The Kier molecular flexibility index (Phi) is 4.24. The fraction of sp³-hybridized carbons (Fsp3) is 0.455. The summed E-state index contributed by atoms with van der Waals surface area (Å²) in [5.74, 6) is 0.639. The Morgan fingerprint density at radius 3 is 2.73 bits per heavy atom. The van der Waals surface area contributed by atoms with Gasteiger partial charge < -0.3 is 10.8 Å². The van der Waals surface area contributed by atoms with Crippen LogP contribution in [0.2, 0.25) is 0 Å².